The SMILES string of the molecule is C=CCCCCC(=O)CCC(C)=C[C@@H](C)[C@H](O[Si](C)(C)C(C)(C)C)[C@H](C=C)OC. The normalized spacial score (nSPS) is 16.2. The van der Waals surface area contributed by atoms with Crippen molar-refractivity contribution in [2.45, 2.75) is 103 Å². The second-order valence-electron chi connectivity index (χ2n) is 9.72. The summed E-state index contributed by atoms with van der Waals surface area (Å²) >= 11 is 0. The highest BCUT2D eigenvalue weighted by molar-refractivity contribution is 6.74. The van der Waals surface area contributed by atoms with E-state index in [-0.39, 0.29) is 23.2 Å². The summed E-state index contributed by atoms with van der Waals surface area (Å²) in [5.74, 6) is 0.527. The summed E-state index contributed by atoms with van der Waals surface area (Å²) < 4.78 is 12.4. The molecule has 3 atom stereocenters. The van der Waals surface area contributed by atoms with Gasteiger partial charge < -0.3 is 9.16 Å². The van der Waals surface area contributed by atoms with Crippen LogP contribution in [0.2, 0.25) is 18.1 Å². The summed E-state index contributed by atoms with van der Waals surface area (Å²) in [6, 6.07) is 0. The van der Waals surface area contributed by atoms with Crippen LogP contribution in [-0.4, -0.2) is 33.4 Å². The molecule has 0 heterocycles. The maximum atomic E-state index is 12.1. The molecule has 0 saturated carbocycles. The van der Waals surface area contributed by atoms with Gasteiger partial charge in [-0.25, -0.2) is 0 Å². The zero-order chi connectivity index (χ0) is 22.7. The van der Waals surface area contributed by atoms with Crippen LogP contribution < -0.4 is 0 Å². The smallest absolute Gasteiger partial charge is 0.192 e. The van der Waals surface area contributed by atoms with E-state index in [9.17, 15) is 4.79 Å². The largest absolute Gasteiger partial charge is 0.410 e. The highest BCUT2D eigenvalue weighted by atomic mass is 28.4. The van der Waals surface area contributed by atoms with E-state index in [1.807, 2.05) is 12.2 Å². The Labute approximate surface area is 181 Å². The van der Waals surface area contributed by atoms with Gasteiger partial charge in [-0.2, -0.15) is 0 Å². The van der Waals surface area contributed by atoms with Gasteiger partial charge in [-0.1, -0.05) is 51.5 Å². The standard InChI is InChI=1S/C25H46O3Si/c1-11-13-14-15-16-22(26)18-17-20(3)19-21(4)24(23(12-2)27-8)28-29(9,10)25(5,6)7/h11-12,19,21,23-24H,1-2,13-18H2,3-10H3/t21-,23+,24+/m1/s1. The molecule has 0 aliphatic rings. The Bertz CT molecular complexity index is 543. The molecule has 0 radical (unpaired) electrons. The first-order valence-electron chi connectivity index (χ1n) is 11.0. The van der Waals surface area contributed by atoms with Gasteiger partial charge in [0.2, 0.25) is 0 Å². The molecule has 0 amide bonds. The average molecular weight is 423 g/mol. The van der Waals surface area contributed by atoms with Crippen molar-refractivity contribution in [2.24, 2.45) is 5.92 Å². The fraction of sp³-hybridized carbons (Fsp3) is 0.720. The lowest BCUT2D eigenvalue weighted by Crippen LogP contribution is -2.49. The van der Waals surface area contributed by atoms with Crippen molar-refractivity contribution in [3.8, 4) is 0 Å². The third-order valence-corrected chi connectivity index (χ3v) is 10.5. The van der Waals surface area contributed by atoms with Crippen LogP contribution in [0.5, 0.6) is 0 Å². The van der Waals surface area contributed by atoms with E-state index < -0.39 is 8.32 Å². The van der Waals surface area contributed by atoms with Crippen LogP contribution in [0.1, 0.15) is 73.1 Å². The Morgan fingerprint density at radius 3 is 2.21 bits per heavy atom. The molecule has 3 nitrogen and oxygen atoms in total. The number of carbonyl (C=O) groups excluding carboxylic acids is 1. The fourth-order valence-corrected chi connectivity index (χ4v) is 4.44. The van der Waals surface area contributed by atoms with Gasteiger partial charge in [-0.05, 0) is 50.7 Å². The van der Waals surface area contributed by atoms with Crippen LogP contribution in [0.25, 0.3) is 0 Å². The van der Waals surface area contributed by atoms with Crippen LogP contribution in [0.4, 0.5) is 0 Å². The number of ether oxygens (including phenoxy) is 1. The maximum Gasteiger partial charge on any atom is 0.192 e. The summed E-state index contributed by atoms with van der Waals surface area (Å²) in [5, 5.41) is 0.126. The molecule has 4 heteroatoms. The highest BCUT2D eigenvalue weighted by Gasteiger charge is 2.41. The number of unbranched alkanes of at least 4 members (excludes halogenated alkanes) is 2. The predicted octanol–water partition coefficient (Wildman–Crippen LogP) is 7.26. The first kappa shape index (κ1) is 28.0. The molecule has 0 saturated heterocycles. The molecule has 0 rings (SSSR count). The van der Waals surface area contributed by atoms with E-state index in [2.05, 4.69) is 66.9 Å². The molecule has 0 fully saturated rings. The van der Waals surface area contributed by atoms with E-state index >= 15 is 0 Å². The molecule has 0 unspecified atom stereocenters. The topological polar surface area (TPSA) is 35.5 Å². The Morgan fingerprint density at radius 2 is 1.72 bits per heavy atom. The Hall–Kier alpha value is -0.973. The van der Waals surface area contributed by atoms with Crippen LogP contribution >= 0.6 is 0 Å². The van der Waals surface area contributed by atoms with E-state index in [4.69, 9.17) is 9.16 Å². The van der Waals surface area contributed by atoms with Gasteiger partial charge in [0.1, 0.15) is 11.9 Å². The van der Waals surface area contributed by atoms with Crippen LogP contribution in [0, 0.1) is 5.92 Å². The third kappa shape index (κ3) is 10.6. The van der Waals surface area contributed by atoms with Gasteiger partial charge in [0.25, 0.3) is 0 Å². The van der Waals surface area contributed by atoms with Crippen LogP contribution in [-0.2, 0) is 14.0 Å². The molecule has 0 spiro atoms. The number of hydrogen-bond donors (Lipinski definition) is 0. The van der Waals surface area contributed by atoms with Crippen LogP contribution in [0.15, 0.2) is 37.0 Å². The molecular formula is C25H46O3Si. The molecule has 0 bridgehead atoms. The quantitative estimate of drug-likeness (QED) is 0.158. The van der Waals surface area contributed by atoms with Gasteiger partial charge in [-0.3, -0.25) is 4.79 Å². The number of hydrogen-bond acceptors (Lipinski definition) is 3. The van der Waals surface area contributed by atoms with Gasteiger partial charge >= 0.3 is 0 Å². The number of allylic oxidation sites excluding steroid dienone is 2. The van der Waals surface area contributed by atoms with Gasteiger partial charge in [0.15, 0.2) is 8.32 Å². The summed E-state index contributed by atoms with van der Waals surface area (Å²) in [7, 11) is -0.243. The molecule has 0 aromatic carbocycles. The third-order valence-electron chi connectivity index (χ3n) is 6.04. The monoisotopic (exact) mass is 422 g/mol. The molecule has 0 aromatic rings. The molecule has 0 aliphatic carbocycles. The van der Waals surface area contributed by atoms with Gasteiger partial charge in [0, 0.05) is 25.9 Å². The van der Waals surface area contributed by atoms with E-state index in [0.717, 1.165) is 25.7 Å². The lowest BCUT2D eigenvalue weighted by atomic mass is 9.95. The highest BCUT2D eigenvalue weighted by Crippen LogP contribution is 2.39. The molecule has 0 aliphatic heterocycles. The minimum Gasteiger partial charge on any atom is -0.410 e. The van der Waals surface area contributed by atoms with E-state index in [1.54, 1.807) is 7.11 Å². The van der Waals surface area contributed by atoms with Crippen molar-refractivity contribution in [2.75, 3.05) is 7.11 Å². The Morgan fingerprint density at radius 1 is 1.10 bits per heavy atom. The lowest BCUT2D eigenvalue weighted by Gasteiger charge is -2.42. The van der Waals surface area contributed by atoms with Crippen molar-refractivity contribution < 1.29 is 14.0 Å². The zero-order valence-corrected chi connectivity index (χ0v) is 21.3. The fourth-order valence-electron chi connectivity index (χ4n) is 3.05. The molecule has 29 heavy (non-hydrogen) atoms. The second-order valence-corrected chi connectivity index (χ2v) is 14.5. The molecule has 168 valence electrons. The van der Waals surface area contributed by atoms with Crippen molar-refractivity contribution in [1.82, 2.24) is 0 Å². The summed E-state index contributed by atoms with van der Waals surface area (Å²) in [6.07, 6.45) is 10.9. The number of ketones is 1. The van der Waals surface area contributed by atoms with Crippen molar-refractivity contribution in [3.05, 3.63) is 37.0 Å². The minimum atomic E-state index is -1.95. The van der Waals surface area contributed by atoms with Crippen molar-refractivity contribution >= 4 is 14.1 Å². The van der Waals surface area contributed by atoms with E-state index in [1.165, 1.54) is 5.57 Å². The summed E-state index contributed by atoms with van der Waals surface area (Å²) in [5.41, 5.74) is 1.24. The molecule has 0 aromatic heterocycles. The molecular weight excluding hydrogens is 376 g/mol. The molecule has 0 N–H and O–H groups in total. The zero-order valence-electron chi connectivity index (χ0n) is 20.3. The predicted molar refractivity (Wildman–Crippen MR) is 129 cm³/mol. The first-order valence-corrected chi connectivity index (χ1v) is 13.9. The average Bonchev–Trinajstić information content (AvgIpc) is 2.62. The van der Waals surface area contributed by atoms with E-state index in [0.29, 0.717) is 18.6 Å². The number of rotatable bonds is 15. The van der Waals surface area contributed by atoms with Crippen molar-refractivity contribution in [1.29, 1.82) is 0 Å². The number of methoxy groups -OCH3 is 1. The van der Waals surface area contributed by atoms with Gasteiger partial charge in [-0.15, -0.1) is 13.2 Å². The minimum absolute atomic E-state index is 0.0806. The Kier molecular flexibility index (Phi) is 12.9. The number of Topliss-reactive ketones (excluding diaryl/α,β-unsaturated/α-hetero) is 1. The van der Waals surface area contributed by atoms with Crippen molar-refractivity contribution in [3.63, 3.8) is 0 Å². The second kappa shape index (κ2) is 13.4. The number of carbonyl (C=O) groups is 1. The summed E-state index contributed by atoms with van der Waals surface area (Å²) in [6.45, 7) is 23.2. The lowest BCUT2D eigenvalue weighted by molar-refractivity contribution is -0.119. The Balaban J connectivity index is 5.05. The first-order chi connectivity index (χ1) is 13.4. The maximum absolute atomic E-state index is 12.1. The van der Waals surface area contributed by atoms with Crippen LogP contribution in [0.3, 0.4) is 0 Å². The van der Waals surface area contributed by atoms with Gasteiger partial charge in [0.05, 0.1) is 6.10 Å². The summed E-state index contributed by atoms with van der Waals surface area (Å²) in [4.78, 5) is 12.1.